The molecule has 0 bridgehead atoms. The van der Waals surface area contributed by atoms with Crippen molar-refractivity contribution in [3.05, 3.63) is 58.7 Å². The molecule has 2 aromatic carbocycles. The molecule has 2 N–H and O–H groups in total. The summed E-state index contributed by atoms with van der Waals surface area (Å²) >= 11 is 0. The van der Waals surface area contributed by atoms with Crippen LogP contribution in [-0.2, 0) is 4.79 Å². The number of fused-ring (bicyclic) bond motifs is 2. The first-order valence-corrected chi connectivity index (χ1v) is 10.4. The minimum absolute atomic E-state index is 0.0960. The molecule has 0 spiro atoms. The Balaban J connectivity index is 2.08. The van der Waals surface area contributed by atoms with Gasteiger partial charge in [0.2, 0.25) is 0 Å². The number of Topliss-reactive ketones (excluding diaryl/α,β-unsaturated/α-hetero) is 1. The van der Waals surface area contributed by atoms with Crippen LogP contribution in [0.2, 0.25) is 0 Å². The van der Waals surface area contributed by atoms with Gasteiger partial charge in [0.25, 0.3) is 0 Å². The Hall–Kier alpha value is -3.28. The fraction of sp³-hybridized carbons (Fsp3) is 0.360. The molecule has 31 heavy (non-hydrogen) atoms. The summed E-state index contributed by atoms with van der Waals surface area (Å²) in [5.74, 6) is -1.90. The van der Waals surface area contributed by atoms with Gasteiger partial charge in [-0.05, 0) is 38.5 Å². The Labute approximate surface area is 181 Å². The fourth-order valence-electron chi connectivity index (χ4n) is 4.22. The van der Waals surface area contributed by atoms with Crippen molar-refractivity contribution < 1.29 is 29.3 Å². The van der Waals surface area contributed by atoms with E-state index in [0.29, 0.717) is 16.9 Å². The fourth-order valence-corrected chi connectivity index (χ4v) is 4.22. The average molecular weight is 422 g/mol. The summed E-state index contributed by atoms with van der Waals surface area (Å²) in [6.45, 7) is 7.30. The Kier molecular flexibility index (Phi) is 5.04. The van der Waals surface area contributed by atoms with E-state index in [1.807, 2.05) is 44.2 Å². The van der Waals surface area contributed by atoms with Crippen LogP contribution in [-0.4, -0.2) is 33.7 Å². The normalized spacial score (nSPS) is 22.0. The van der Waals surface area contributed by atoms with Gasteiger partial charge in [0, 0.05) is 11.5 Å². The lowest BCUT2D eigenvalue weighted by Gasteiger charge is -2.37. The summed E-state index contributed by atoms with van der Waals surface area (Å²) in [5, 5.41) is 20.7. The average Bonchev–Trinajstić information content (AvgIpc) is 2.70. The second-order valence-corrected chi connectivity index (χ2v) is 8.79. The van der Waals surface area contributed by atoms with E-state index in [0.717, 1.165) is 5.56 Å². The quantitative estimate of drug-likeness (QED) is 0.736. The first-order chi connectivity index (χ1) is 14.6. The third-order valence-electron chi connectivity index (χ3n) is 6.07. The zero-order valence-corrected chi connectivity index (χ0v) is 18.0. The number of phenolic OH excluding ortho intramolecular Hbond substituents is 1. The molecule has 6 heteroatoms. The number of hydrogen-bond donors (Lipinski definition) is 2. The second kappa shape index (κ2) is 7.45. The Morgan fingerprint density at radius 1 is 1.16 bits per heavy atom. The first kappa shape index (κ1) is 21.0. The van der Waals surface area contributed by atoms with E-state index < -0.39 is 29.5 Å². The lowest BCUT2D eigenvalue weighted by molar-refractivity contribution is -0.137. The Bertz CT molecular complexity index is 1080. The van der Waals surface area contributed by atoms with E-state index in [4.69, 9.17) is 9.47 Å². The third-order valence-corrected chi connectivity index (χ3v) is 6.07. The van der Waals surface area contributed by atoms with Crippen molar-refractivity contribution in [3.8, 4) is 17.2 Å². The highest BCUT2D eigenvalue weighted by molar-refractivity contribution is 6.06. The van der Waals surface area contributed by atoms with Gasteiger partial charge in [0.1, 0.15) is 34.5 Å². The molecule has 4 rings (SSSR count). The summed E-state index contributed by atoms with van der Waals surface area (Å²) in [6, 6.07) is 9.23. The molecule has 0 unspecified atom stereocenters. The van der Waals surface area contributed by atoms with E-state index in [9.17, 15) is 19.8 Å². The van der Waals surface area contributed by atoms with Crippen molar-refractivity contribution in [3.63, 3.8) is 0 Å². The standard InChI is InChI=1S/C25H26O6/c1-13-14(2)30-24-19(17(12-18(26)27)15-8-6-5-7-9-15)23-16(10-11-25(3,4)31-23)22(29)20(24)21(13)28/h5-11,13-14,17,29H,12H2,1-4H3,(H,26,27)/t13-,14+,17-/m1/s1. The second-order valence-electron chi connectivity index (χ2n) is 8.79. The Morgan fingerprint density at radius 3 is 2.48 bits per heavy atom. The number of carbonyl (C=O) groups is 2. The zero-order valence-electron chi connectivity index (χ0n) is 18.0. The molecule has 3 atom stereocenters. The first-order valence-electron chi connectivity index (χ1n) is 10.4. The molecule has 0 radical (unpaired) electrons. The van der Waals surface area contributed by atoms with Crippen molar-refractivity contribution in [1.82, 2.24) is 0 Å². The highest BCUT2D eigenvalue weighted by Gasteiger charge is 2.42. The van der Waals surface area contributed by atoms with Gasteiger partial charge in [-0.15, -0.1) is 0 Å². The maximum atomic E-state index is 13.2. The zero-order chi connectivity index (χ0) is 22.5. The van der Waals surface area contributed by atoms with Crippen molar-refractivity contribution >= 4 is 17.8 Å². The van der Waals surface area contributed by atoms with Crippen LogP contribution in [0.25, 0.3) is 6.08 Å². The SMILES string of the molecule is C[C@@H]1Oc2c(c(O)c3c(c2[C@H](CC(=O)O)c2ccccc2)OC(C)(C)C=C3)C(=O)[C@@H]1C. The smallest absolute Gasteiger partial charge is 0.304 e. The van der Waals surface area contributed by atoms with Gasteiger partial charge in [-0.1, -0.05) is 37.3 Å². The van der Waals surface area contributed by atoms with Crippen LogP contribution in [0.3, 0.4) is 0 Å². The number of ketones is 1. The van der Waals surface area contributed by atoms with Gasteiger partial charge in [-0.25, -0.2) is 0 Å². The topological polar surface area (TPSA) is 93.1 Å². The molecular weight excluding hydrogens is 396 g/mol. The minimum Gasteiger partial charge on any atom is -0.506 e. The molecule has 2 aromatic rings. The molecule has 2 aliphatic heterocycles. The van der Waals surface area contributed by atoms with Crippen molar-refractivity contribution in [1.29, 1.82) is 0 Å². The van der Waals surface area contributed by atoms with Crippen LogP contribution in [0.4, 0.5) is 0 Å². The van der Waals surface area contributed by atoms with E-state index in [1.54, 1.807) is 26.0 Å². The Morgan fingerprint density at radius 2 is 1.84 bits per heavy atom. The predicted molar refractivity (Wildman–Crippen MR) is 116 cm³/mol. The van der Waals surface area contributed by atoms with Gasteiger partial charge in [-0.2, -0.15) is 0 Å². The van der Waals surface area contributed by atoms with E-state index in [-0.39, 0.29) is 29.3 Å². The maximum Gasteiger partial charge on any atom is 0.304 e. The third kappa shape index (κ3) is 3.56. The molecular formula is C25H26O6. The molecule has 2 heterocycles. The van der Waals surface area contributed by atoms with Crippen molar-refractivity contribution in [2.24, 2.45) is 5.92 Å². The van der Waals surface area contributed by atoms with Gasteiger partial charge in [0.05, 0.1) is 17.9 Å². The number of carboxylic acid groups (broad SMARTS) is 1. The number of aliphatic carboxylic acids is 1. The number of carboxylic acids is 1. The monoisotopic (exact) mass is 422 g/mol. The van der Waals surface area contributed by atoms with Crippen molar-refractivity contribution in [2.75, 3.05) is 0 Å². The van der Waals surface area contributed by atoms with Crippen LogP contribution in [0, 0.1) is 5.92 Å². The van der Waals surface area contributed by atoms with Gasteiger partial charge in [0.15, 0.2) is 5.78 Å². The molecule has 0 aliphatic carbocycles. The molecule has 162 valence electrons. The number of carbonyl (C=O) groups excluding carboxylic acids is 1. The number of aromatic hydroxyl groups is 1. The van der Waals surface area contributed by atoms with E-state index >= 15 is 0 Å². The molecule has 6 nitrogen and oxygen atoms in total. The largest absolute Gasteiger partial charge is 0.506 e. The molecule has 0 fully saturated rings. The predicted octanol–water partition coefficient (Wildman–Crippen LogP) is 4.78. The maximum absolute atomic E-state index is 13.2. The summed E-state index contributed by atoms with van der Waals surface area (Å²) in [4.78, 5) is 25.0. The van der Waals surface area contributed by atoms with E-state index in [2.05, 4.69) is 0 Å². The highest BCUT2D eigenvalue weighted by atomic mass is 16.5. The van der Waals surface area contributed by atoms with Gasteiger partial charge in [-0.3, -0.25) is 9.59 Å². The highest BCUT2D eigenvalue weighted by Crippen LogP contribution is 2.54. The van der Waals surface area contributed by atoms with E-state index in [1.165, 1.54) is 0 Å². The molecule has 0 aromatic heterocycles. The number of phenols is 1. The number of rotatable bonds is 4. The summed E-state index contributed by atoms with van der Waals surface area (Å²) in [6.07, 6.45) is 2.89. The van der Waals surface area contributed by atoms with Crippen LogP contribution >= 0.6 is 0 Å². The van der Waals surface area contributed by atoms with Crippen molar-refractivity contribution in [2.45, 2.75) is 51.7 Å². The molecule has 2 aliphatic rings. The van der Waals surface area contributed by atoms with Gasteiger partial charge < -0.3 is 19.7 Å². The minimum atomic E-state index is -0.987. The number of ether oxygens (including phenoxy) is 2. The number of hydrogen-bond acceptors (Lipinski definition) is 5. The summed E-state index contributed by atoms with van der Waals surface area (Å²) in [5.41, 5.74) is 1.04. The van der Waals surface area contributed by atoms with Crippen LogP contribution < -0.4 is 9.47 Å². The molecule has 0 amide bonds. The van der Waals surface area contributed by atoms with Crippen LogP contribution in [0.15, 0.2) is 36.4 Å². The van der Waals surface area contributed by atoms with Crippen LogP contribution in [0.1, 0.15) is 67.1 Å². The molecule has 0 saturated carbocycles. The van der Waals surface area contributed by atoms with Gasteiger partial charge >= 0.3 is 5.97 Å². The van der Waals surface area contributed by atoms with Crippen LogP contribution in [0.5, 0.6) is 17.2 Å². The summed E-state index contributed by atoms with van der Waals surface area (Å²) in [7, 11) is 0. The lowest BCUT2D eigenvalue weighted by atomic mass is 9.80. The number of benzene rings is 2. The molecule has 0 saturated heterocycles. The lowest BCUT2D eigenvalue weighted by Crippen LogP contribution is -2.36. The summed E-state index contributed by atoms with van der Waals surface area (Å²) < 4.78 is 12.4.